The van der Waals surface area contributed by atoms with E-state index in [1.54, 1.807) is 32.4 Å². The lowest BCUT2D eigenvalue weighted by atomic mass is 9.76. The van der Waals surface area contributed by atoms with Crippen molar-refractivity contribution in [3.63, 3.8) is 0 Å². The number of carbonyl (C=O) groups is 2. The summed E-state index contributed by atoms with van der Waals surface area (Å²) in [5.41, 5.74) is 0. The fourth-order valence-electron chi connectivity index (χ4n) is 3.14. The van der Waals surface area contributed by atoms with Crippen LogP contribution in [0.25, 0.3) is 0 Å². The number of hydrogen-bond acceptors (Lipinski definition) is 5. The Morgan fingerprint density at radius 1 is 1.04 bits per heavy atom. The molecule has 0 N–H and O–H groups in total. The van der Waals surface area contributed by atoms with Crippen molar-refractivity contribution in [2.24, 2.45) is 11.8 Å². The van der Waals surface area contributed by atoms with Crippen LogP contribution in [-0.2, 0) is 9.59 Å². The molecule has 2 fully saturated rings. The SMILES string of the molecule is COc1ccc(OCCCN2C(=O)C3CCC3C2=O)cc1OC. The highest BCUT2D eigenvalue weighted by atomic mass is 16.5. The molecule has 1 aliphatic heterocycles. The zero-order valence-corrected chi connectivity index (χ0v) is 13.4. The predicted octanol–water partition coefficient (Wildman–Crippen LogP) is 1.87. The minimum atomic E-state index is -0.0470. The van der Waals surface area contributed by atoms with Crippen LogP contribution in [0.3, 0.4) is 0 Å². The smallest absolute Gasteiger partial charge is 0.233 e. The summed E-state index contributed by atoms with van der Waals surface area (Å²) in [4.78, 5) is 25.5. The van der Waals surface area contributed by atoms with Gasteiger partial charge < -0.3 is 14.2 Å². The van der Waals surface area contributed by atoms with Gasteiger partial charge in [0.15, 0.2) is 11.5 Å². The molecule has 0 spiro atoms. The highest BCUT2D eigenvalue weighted by Crippen LogP contribution is 2.42. The first-order chi connectivity index (χ1) is 11.2. The largest absolute Gasteiger partial charge is 0.493 e. The first kappa shape index (κ1) is 15.6. The van der Waals surface area contributed by atoms with Gasteiger partial charge in [-0.05, 0) is 31.4 Å². The Bertz CT molecular complexity index is 593. The number of ether oxygens (including phenoxy) is 3. The van der Waals surface area contributed by atoms with E-state index in [1.807, 2.05) is 0 Å². The number of imide groups is 1. The number of hydrogen-bond donors (Lipinski definition) is 0. The third-order valence-electron chi connectivity index (χ3n) is 4.59. The number of rotatable bonds is 7. The minimum absolute atomic E-state index is 0.00244. The summed E-state index contributed by atoms with van der Waals surface area (Å²) in [5, 5.41) is 0. The Kier molecular flexibility index (Phi) is 4.41. The maximum atomic E-state index is 12.0. The average Bonchev–Trinajstić information content (AvgIpc) is 2.68. The molecule has 1 aromatic carbocycles. The van der Waals surface area contributed by atoms with Gasteiger partial charge in [-0.1, -0.05) is 0 Å². The van der Waals surface area contributed by atoms with E-state index in [0.29, 0.717) is 36.8 Å². The third-order valence-corrected chi connectivity index (χ3v) is 4.59. The average molecular weight is 319 g/mol. The van der Waals surface area contributed by atoms with Crippen LogP contribution in [0, 0.1) is 11.8 Å². The molecule has 2 amide bonds. The van der Waals surface area contributed by atoms with Crippen molar-refractivity contribution >= 4 is 11.8 Å². The van der Waals surface area contributed by atoms with Crippen molar-refractivity contribution in [3.8, 4) is 17.2 Å². The molecule has 3 rings (SSSR count). The van der Waals surface area contributed by atoms with E-state index in [1.165, 1.54) is 4.90 Å². The number of benzene rings is 1. The fourth-order valence-corrected chi connectivity index (χ4v) is 3.14. The summed E-state index contributed by atoms with van der Waals surface area (Å²) in [7, 11) is 3.15. The number of carbonyl (C=O) groups excluding carboxylic acids is 2. The zero-order valence-electron chi connectivity index (χ0n) is 13.4. The molecule has 1 aliphatic carbocycles. The molecule has 23 heavy (non-hydrogen) atoms. The van der Waals surface area contributed by atoms with E-state index in [4.69, 9.17) is 14.2 Å². The highest BCUT2D eigenvalue weighted by molar-refractivity contribution is 6.06. The highest BCUT2D eigenvalue weighted by Gasteiger charge is 2.52. The standard InChI is InChI=1S/C17H21NO5/c1-21-14-7-4-11(10-15(14)22-2)23-9-3-8-18-16(19)12-5-6-13(12)17(18)20/h4,7,10,12-13H,3,5-6,8-9H2,1-2H3. The summed E-state index contributed by atoms with van der Waals surface area (Å²) in [6, 6.07) is 5.33. The lowest BCUT2D eigenvalue weighted by Crippen LogP contribution is -2.32. The first-order valence-corrected chi connectivity index (χ1v) is 7.85. The van der Waals surface area contributed by atoms with Crippen LogP contribution in [0.4, 0.5) is 0 Å². The second kappa shape index (κ2) is 6.48. The second-order valence-corrected chi connectivity index (χ2v) is 5.84. The van der Waals surface area contributed by atoms with E-state index < -0.39 is 0 Å². The van der Waals surface area contributed by atoms with Crippen molar-refractivity contribution in [3.05, 3.63) is 18.2 Å². The second-order valence-electron chi connectivity index (χ2n) is 5.84. The van der Waals surface area contributed by atoms with Crippen LogP contribution in [0.15, 0.2) is 18.2 Å². The van der Waals surface area contributed by atoms with Gasteiger partial charge in [-0.2, -0.15) is 0 Å². The maximum absolute atomic E-state index is 12.0. The quantitative estimate of drug-likeness (QED) is 0.567. The van der Waals surface area contributed by atoms with Gasteiger partial charge in [0.2, 0.25) is 11.8 Å². The minimum Gasteiger partial charge on any atom is -0.493 e. The van der Waals surface area contributed by atoms with Crippen molar-refractivity contribution in [1.82, 2.24) is 4.90 Å². The van der Waals surface area contributed by atoms with Crippen LogP contribution in [0.2, 0.25) is 0 Å². The first-order valence-electron chi connectivity index (χ1n) is 7.85. The van der Waals surface area contributed by atoms with Gasteiger partial charge in [0.25, 0.3) is 0 Å². The van der Waals surface area contributed by atoms with Gasteiger partial charge in [-0.15, -0.1) is 0 Å². The molecule has 1 aromatic rings. The normalized spacial score (nSPS) is 22.6. The Hall–Kier alpha value is -2.24. The van der Waals surface area contributed by atoms with Gasteiger partial charge in [0.1, 0.15) is 5.75 Å². The molecule has 2 atom stereocenters. The topological polar surface area (TPSA) is 65.1 Å². The van der Waals surface area contributed by atoms with Crippen LogP contribution in [0.1, 0.15) is 19.3 Å². The molecule has 0 radical (unpaired) electrons. The monoisotopic (exact) mass is 319 g/mol. The molecule has 2 aliphatic rings. The lowest BCUT2D eigenvalue weighted by Gasteiger charge is -2.24. The zero-order chi connectivity index (χ0) is 16.4. The molecule has 0 aromatic heterocycles. The van der Waals surface area contributed by atoms with Crippen molar-refractivity contribution < 1.29 is 23.8 Å². The van der Waals surface area contributed by atoms with E-state index >= 15 is 0 Å². The Balaban J connectivity index is 1.48. The number of amides is 2. The van der Waals surface area contributed by atoms with Crippen LogP contribution in [-0.4, -0.2) is 44.1 Å². The van der Waals surface area contributed by atoms with Crippen LogP contribution in [0.5, 0.6) is 17.2 Å². The van der Waals surface area contributed by atoms with E-state index in [9.17, 15) is 9.59 Å². The summed E-state index contributed by atoms with van der Waals surface area (Å²) in [5.74, 6) is 1.81. The number of fused-ring (bicyclic) bond motifs is 1. The Labute approximate surface area is 135 Å². The Morgan fingerprint density at radius 2 is 1.70 bits per heavy atom. The molecule has 2 unspecified atom stereocenters. The number of methoxy groups -OCH3 is 2. The van der Waals surface area contributed by atoms with Crippen molar-refractivity contribution in [2.75, 3.05) is 27.4 Å². The third kappa shape index (κ3) is 2.85. The molecule has 6 nitrogen and oxygen atoms in total. The van der Waals surface area contributed by atoms with Gasteiger partial charge in [-0.25, -0.2) is 0 Å². The lowest BCUT2D eigenvalue weighted by molar-refractivity contribution is -0.139. The summed E-state index contributed by atoms with van der Waals surface area (Å²) in [6.45, 7) is 0.861. The molecule has 1 saturated carbocycles. The molecule has 124 valence electrons. The fraction of sp³-hybridized carbons (Fsp3) is 0.529. The van der Waals surface area contributed by atoms with Crippen LogP contribution >= 0.6 is 0 Å². The number of likely N-dealkylation sites (tertiary alicyclic amines) is 1. The van der Waals surface area contributed by atoms with E-state index in [-0.39, 0.29) is 23.7 Å². The van der Waals surface area contributed by atoms with Gasteiger partial charge >= 0.3 is 0 Å². The molecule has 0 bridgehead atoms. The molecule has 1 heterocycles. The van der Waals surface area contributed by atoms with Gasteiger partial charge in [0.05, 0.1) is 32.7 Å². The Morgan fingerprint density at radius 3 is 2.26 bits per heavy atom. The van der Waals surface area contributed by atoms with Gasteiger partial charge in [-0.3, -0.25) is 14.5 Å². The van der Waals surface area contributed by atoms with E-state index in [2.05, 4.69) is 0 Å². The van der Waals surface area contributed by atoms with Crippen LogP contribution < -0.4 is 14.2 Å². The summed E-state index contributed by atoms with van der Waals surface area (Å²) in [6.07, 6.45) is 2.33. The van der Waals surface area contributed by atoms with Gasteiger partial charge in [0, 0.05) is 12.6 Å². The molecular weight excluding hydrogens is 298 g/mol. The predicted molar refractivity (Wildman–Crippen MR) is 82.6 cm³/mol. The maximum Gasteiger partial charge on any atom is 0.233 e. The van der Waals surface area contributed by atoms with E-state index in [0.717, 1.165) is 12.8 Å². The number of nitrogens with zero attached hydrogens (tertiary/aromatic N) is 1. The van der Waals surface area contributed by atoms with Crippen molar-refractivity contribution in [2.45, 2.75) is 19.3 Å². The summed E-state index contributed by atoms with van der Waals surface area (Å²) < 4.78 is 16.1. The summed E-state index contributed by atoms with van der Waals surface area (Å²) >= 11 is 0. The van der Waals surface area contributed by atoms with Crippen molar-refractivity contribution in [1.29, 1.82) is 0 Å². The molecule has 6 heteroatoms. The molecular formula is C17H21NO5. The molecule has 1 saturated heterocycles.